The molecule has 7 nitrogen and oxygen atoms in total. The zero-order chi connectivity index (χ0) is 27.1. The minimum Gasteiger partial charge on any atom is -0.478 e. The smallest absolute Gasteiger partial charge is 0.418 e. The molecule has 1 amide bonds. The van der Waals surface area contributed by atoms with Gasteiger partial charge in [-0.3, -0.25) is 9.69 Å². The van der Waals surface area contributed by atoms with Crippen LogP contribution in [0.3, 0.4) is 0 Å². The van der Waals surface area contributed by atoms with Crippen LogP contribution in [0.1, 0.15) is 50.3 Å². The molecule has 2 aromatic rings. The molecule has 206 valence electrons. The van der Waals surface area contributed by atoms with E-state index in [-0.39, 0.29) is 30.6 Å². The fourth-order valence-electron chi connectivity index (χ4n) is 3.35. The Morgan fingerprint density at radius 3 is 2.22 bits per heavy atom. The van der Waals surface area contributed by atoms with E-state index in [1.165, 1.54) is 27.0 Å². The number of hydrogen-bond acceptors (Lipinski definition) is 5. The number of halogens is 4. The van der Waals surface area contributed by atoms with Gasteiger partial charge in [0.05, 0.1) is 24.4 Å². The third-order valence-corrected chi connectivity index (χ3v) is 5.49. The first-order chi connectivity index (χ1) is 16.7. The lowest BCUT2D eigenvalue weighted by molar-refractivity contribution is -0.152. The maximum Gasteiger partial charge on any atom is 0.418 e. The van der Waals surface area contributed by atoms with Crippen LogP contribution in [0.5, 0.6) is 5.75 Å². The number of amides is 1. The standard InChI is InChI=1S/C26H33F3N2O5.ClH/c1-17(2)19-8-11-22(21(14-19)26(27,28)29)30-23(32)16-31(12-13-35-5)15-18-6-9-20(10-7-18)36-25(3,4)24(33)34;/h6-11,14,17H,12-13,15-16H2,1-5H3,(H,30,32)(H,33,34);1H. The van der Waals surface area contributed by atoms with Crippen molar-refractivity contribution in [2.75, 3.05) is 32.1 Å². The number of carbonyl (C=O) groups is 2. The highest BCUT2D eigenvalue weighted by atomic mass is 35.5. The molecule has 0 bridgehead atoms. The SMILES string of the molecule is COCCN(CC(=O)Nc1ccc(C(C)C)cc1C(F)(F)F)Cc1ccc(OC(C)(C)C(=O)O)cc1.Cl. The van der Waals surface area contributed by atoms with Gasteiger partial charge in [-0.05, 0) is 55.2 Å². The van der Waals surface area contributed by atoms with Crippen molar-refractivity contribution in [1.82, 2.24) is 4.90 Å². The van der Waals surface area contributed by atoms with Gasteiger partial charge in [0.15, 0.2) is 5.60 Å². The number of carboxylic acids is 1. The molecule has 0 aliphatic heterocycles. The molecular weight excluding hydrogens is 513 g/mol. The van der Waals surface area contributed by atoms with Gasteiger partial charge in [0.2, 0.25) is 5.91 Å². The molecule has 2 aromatic carbocycles. The first kappa shape index (κ1) is 32.2. The van der Waals surface area contributed by atoms with Crippen molar-refractivity contribution in [1.29, 1.82) is 0 Å². The summed E-state index contributed by atoms with van der Waals surface area (Å²) in [7, 11) is 1.51. The maximum atomic E-state index is 13.6. The second-order valence-electron chi connectivity index (χ2n) is 9.27. The van der Waals surface area contributed by atoms with Crippen LogP contribution < -0.4 is 10.1 Å². The molecule has 0 unspecified atom stereocenters. The fourth-order valence-corrected chi connectivity index (χ4v) is 3.35. The van der Waals surface area contributed by atoms with Crippen molar-refractivity contribution in [3.8, 4) is 5.75 Å². The molecule has 0 radical (unpaired) electrons. The predicted molar refractivity (Wildman–Crippen MR) is 137 cm³/mol. The van der Waals surface area contributed by atoms with Crippen LogP contribution in [0.15, 0.2) is 42.5 Å². The quantitative estimate of drug-likeness (QED) is 0.361. The molecule has 37 heavy (non-hydrogen) atoms. The summed E-state index contributed by atoms with van der Waals surface area (Å²) < 4.78 is 51.5. The van der Waals surface area contributed by atoms with Crippen molar-refractivity contribution in [3.05, 3.63) is 59.2 Å². The Kier molecular flexibility index (Phi) is 11.9. The van der Waals surface area contributed by atoms with Crippen LogP contribution >= 0.6 is 12.4 Å². The average molecular weight is 547 g/mol. The number of hydrogen-bond donors (Lipinski definition) is 2. The number of benzene rings is 2. The highest BCUT2D eigenvalue weighted by molar-refractivity contribution is 5.93. The molecule has 0 spiro atoms. The third kappa shape index (κ3) is 9.87. The van der Waals surface area contributed by atoms with E-state index in [4.69, 9.17) is 9.47 Å². The first-order valence-corrected chi connectivity index (χ1v) is 11.5. The number of methoxy groups -OCH3 is 1. The van der Waals surface area contributed by atoms with Crippen molar-refractivity contribution < 1.29 is 37.3 Å². The third-order valence-electron chi connectivity index (χ3n) is 5.49. The molecule has 0 fully saturated rings. The highest BCUT2D eigenvalue weighted by Gasteiger charge is 2.34. The second kappa shape index (κ2) is 13.6. The molecule has 0 atom stereocenters. The van der Waals surface area contributed by atoms with Crippen molar-refractivity contribution in [2.24, 2.45) is 0 Å². The van der Waals surface area contributed by atoms with Crippen LogP contribution in [0.25, 0.3) is 0 Å². The van der Waals surface area contributed by atoms with E-state index >= 15 is 0 Å². The summed E-state index contributed by atoms with van der Waals surface area (Å²) in [5.74, 6) is -1.41. The van der Waals surface area contributed by atoms with E-state index in [2.05, 4.69) is 5.32 Å². The number of alkyl halides is 3. The summed E-state index contributed by atoms with van der Waals surface area (Å²) in [6.07, 6.45) is -4.61. The lowest BCUT2D eigenvalue weighted by atomic mass is 9.99. The van der Waals surface area contributed by atoms with E-state index in [1.807, 2.05) is 0 Å². The lowest BCUT2D eigenvalue weighted by Crippen LogP contribution is -2.37. The van der Waals surface area contributed by atoms with E-state index in [0.717, 1.165) is 11.6 Å². The second-order valence-corrected chi connectivity index (χ2v) is 9.27. The predicted octanol–water partition coefficient (Wildman–Crippen LogP) is 5.58. The van der Waals surface area contributed by atoms with Gasteiger partial charge in [-0.2, -0.15) is 13.2 Å². The number of carbonyl (C=O) groups excluding carboxylic acids is 1. The van der Waals surface area contributed by atoms with Gasteiger partial charge < -0.3 is 19.9 Å². The van der Waals surface area contributed by atoms with Gasteiger partial charge in [-0.25, -0.2) is 4.79 Å². The van der Waals surface area contributed by atoms with E-state index in [9.17, 15) is 27.9 Å². The highest BCUT2D eigenvalue weighted by Crippen LogP contribution is 2.36. The van der Waals surface area contributed by atoms with Gasteiger partial charge >= 0.3 is 12.1 Å². The summed E-state index contributed by atoms with van der Waals surface area (Å²) in [6.45, 7) is 7.32. The summed E-state index contributed by atoms with van der Waals surface area (Å²) >= 11 is 0. The van der Waals surface area contributed by atoms with Crippen LogP contribution in [0, 0.1) is 0 Å². The Balaban J connectivity index is 0.00000684. The Labute approximate surface area is 221 Å². The number of nitrogens with zero attached hydrogens (tertiary/aromatic N) is 1. The molecule has 0 heterocycles. The summed E-state index contributed by atoms with van der Waals surface area (Å²) in [4.78, 5) is 25.7. The first-order valence-electron chi connectivity index (χ1n) is 11.5. The summed E-state index contributed by atoms with van der Waals surface area (Å²) in [5.41, 5.74) is -1.23. The molecule has 2 N–H and O–H groups in total. The van der Waals surface area contributed by atoms with Gasteiger partial charge in [0, 0.05) is 20.2 Å². The maximum absolute atomic E-state index is 13.6. The van der Waals surface area contributed by atoms with Gasteiger partial charge in [0.25, 0.3) is 0 Å². The number of anilines is 1. The van der Waals surface area contributed by atoms with Gasteiger partial charge in [-0.15, -0.1) is 12.4 Å². The summed E-state index contributed by atoms with van der Waals surface area (Å²) in [6, 6.07) is 10.6. The zero-order valence-corrected chi connectivity index (χ0v) is 22.3. The van der Waals surface area contributed by atoms with Crippen molar-refractivity contribution in [2.45, 2.75) is 51.9 Å². The zero-order valence-electron chi connectivity index (χ0n) is 21.5. The molecule has 0 aromatic heterocycles. The number of aliphatic carboxylic acids is 1. The molecule has 0 aliphatic carbocycles. The monoisotopic (exact) mass is 546 g/mol. The van der Waals surface area contributed by atoms with E-state index < -0.39 is 29.2 Å². The normalized spacial score (nSPS) is 11.8. The Morgan fingerprint density at radius 2 is 1.70 bits per heavy atom. The minimum atomic E-state index is -4.61. The van der Waals surface area contributed by atoms with Crippen molar-refractivity contribution in [3.63, 3.8) is 0 Å². The summed E-state index contributed by atoms with van der Waals surface area (Å²) in [5, 5.41) is 11.6. The molecular formula is C26H34ClF3N2O5. The number of nitrogens with one attached hydrogen (secondary N) is 1. The minimum absolute atomic E-state index is 0. The lowest BCUT2D eigenvalue weighted by Gasteiger charge is -2.23. The fraction of sp³-hybridized carbons (Fsp3) is 0.462. The molecule has 0 aliphatic rings. The molecule has 2 rings (SSSR count). The molecule has 11 heteroatoms. The van der Waals surface area contributed by atoms with E-state index in [0.29, 0.717) is 31.0 Å². The van der Waals surface area contributed by atoms with Gasteiger partial charge in [0.1, 0.15) is 5.75 Å². The van der Waals surface area contributed by atoms with E-state index in [1.54, 1.807) is 49.1 Å². The number of ether oxygens (including phenoxy) is 2. The average Bonchev–Trinajstić information content (AvgIpc) is 2.77. The van der Waals surface area contributed by atoms with Crippen molar-refractivity contribution >= 4 is 30.0 Å². The van der Waals surface area contributed by atoms with Gasteiger partial charge in [-0.1, -0.05) is 32.0 Å². The largest absolute Gasteiger partial charge is 0.478 e. The number of rotatable bonds is 12. The van der Waals surface area contributed by atoms with Crippen LogP contribution in [-0.4, -0.2) is 54.3 Å². The molecule has 0 saturated heterocycles. The topological polar surface area (TPSA) is 88.1 Å². The van der Waals surface area contributed by atoms with Crippen LogP contribution in [0.4, 0.5) is 18.9 Å². The Hall–Kier alpha value is -2.82. The molecule has 0 saturated carbocycles. The van der Waals surface area contributed by atoms with Crippen LogP contribution in [-0.2, 0) is 27.0 Å². The number of carboxylic acid groups (broad SMARTS) is 1. The van der Waals surface area contributed by atoms with Crippen LogP contribution in [0.2, 0.25) is 0 Å². The Morgan fingerprint density at radius 1 is 1.08 bits per heavy atom. The Bertz CT molecular complexity index is 1040.